The lowest BCUT2D eigenvalue weighted by molar-refractivity contribution is 0.0713. The molecule has 0 atom stereocenters. The normalized spacial score (nSPS) is 16.4. The van der Waals surface area contributed by atoms with Crippen molar-refractivity contribution in [1.82, 2.24) is 9.47 Å². The molecular weight excluding hydrogens is 488 g/mol. The number of carbonyl (C=O) groups is 1. The van der Waals surface area contributed by atoms with Crippen molar-refractivity contribution < 1.29 is 9.18 Å². The number of benzene rings is 2. The SMILES string of the molecule is Cc1ccc(Cl)cc1Nc1c(C(=O)N2CCC(c3ccc(F)cc3)CC2)cn(C2CC2)c(=O)c1Cl. The number of nitrogens with one attached hydrogen (secondary N) is 1. The van der Waals surface area contributed by atoms with Gasteiger partial charge in [0, 0.05) is 36.0 Å². The molecule has 1 N–H and O–H groups in total. The highest BCUT2D eigenvalue weighted by atomic mass is 35.5. The molecule has 2 aliphatic rings. The number of amides is 1. The van der Waals surface area contributed by atoms with Gasteiger partial charge < -0.3 is 14.8 Å². The molecule has 1 saturated carbocycles. The lowest BCUT2D eigenvalue weighted by Crippen LogP contribution is -2.39. The maximum absolute atomic E-state index is 13.7. The van der Waals surface area contributed by atoms with Gasteiger partial charge in [-0.25, -0.2) is 4.39 Å². The average molecular weight is 514 g/mol. The van der Waals surface area contributed by atoms with Crippen LogP contribution >= 0.6 is 23.2 Å². The summed E-state index contributed by atoms with van der Waals surface area (Å²) in [7, 11) is 0. The Bertz CT molecular complexity index is 1330. The maximum atomic E-state index is 13.7. The van der Waals surface area contributed by atoms with Crippen molar-refractivity contribution in [1.29, 1.82) is 0 Å². The summed E-state index contributed by atoms with van der Waals surface area (Å²) < 4.78 is 14.9. The summed E-state index contributed by atoms with van der Waals surface area (Å²) >= 11 is 12.8. The van der Waals surface area contributed by atoms with Gasteiger partial charge in [0.1, 0.15) is 10.8 Å². The van der Waals surface area contributed by atoms with Crippen molar-refractivity contribution in [2.45, 2.75) is 44.6 Å². The van der Waals surface area contributed by atoms with Crippen LogP contribution < -0.4 is 10.9 Å². The van der Waals surface area contributed by atoms with Gasteiger partial charge in [-0.15, -0.1) is 0 Å². The van der Waals surface area contributed by atoms with Crippen LogP contribution in [0.4, 0.5) is 15.8 Å². The number of likely N-dealkylation sites (tertiary alicyclic amines) is 1. The maximum Gasteiger partial charge on any atom is 0.271 e. The fourth-order valence-electron chi connectivity index (χ4n) is 4.69. The Morgan fingerprint density at radius 2 is 1.71 bits per heavy atom. The summed E-state index contributed by atoms with van der Waals surface area (Å²) in [6.45, 7) is 3.05. The molecule has 2 aromatic carbocycles. The molecule has 8 heteroatoms. The summed E-state index contributed by atoms with van der Waals surface area (Å²) in [6, 6.07) is 12.1. The van der Waals surface area contributed by atoms with Crippen molar-refractivity contribution in [3.05, 3.63) is 91.6 Å². The van der Waals surface area contributed by atoms with E-state index in [0.29, 0.717) is 35.1 Å². The Balaban J connectivity index is 1.45. The van der Waals surface area contributed by atoms with E-state index in [0.717, 1.165) is 36.8 Å². The number of rotatable bonds is 5. The number of halogens is 3. The first-order chi connectivity index (χ1) is 16.8. The quantitative estimate of drug-likeness (QED) is 0.412. The Kier molecular flexibility index (Phi) is 6.60. The highest BCUT2D eigenvalue weighted by Crippen LogP contribution is 2.37. The van der Waals surface area contributed by atoms with Crippen LogP contribution in [0.3, 0.4) is 0 Å². The highest BCUT2D eigenvalue weighted by molar-refractivity contribution is 6.34. The number of piperidine rings is 1. The van der Waals surface area contributed by atoms with Crippen molar-refractivity contribution in [3.63, 3.8) is 0 Å². The van der Waals surface area contributed by atoms with Crippen LogP contribution in [-0.2, 0) is 0 Å². The van der Waals surface area contributed by atoms with E-state index in [-0.39, 0.29) is 34.3 Å². The summed E-state index contributed by atoms with van der Waals surface area (Å²) in [5, 5.41) is 3.77. The Morgan fingerprint density at radius 1 is 1.03 bits per heavy atom. The fraction of sp³-hybridized carbons (Fsp3) is 0.333. The molecule has 3 aromatic rings. The average Bonchev–Trinajstić information content (AvgIpc) is 3.70. The van der Waals surface area contributed by atoms with Crippen LogP contribution in [0, 0.1) is 12.7 Å². The van der Waals surface area contributed by atoms with E-state index in [1.807, 2.05) is 30.0 Å². The number of carbonyl (C=O) groups excluding carboxylic acids is 1. The molecule has 2 fully saturated rings. The largest absolute Gasteiger partial charge is 0.353 e. The number of hydrogen-bond acceptors (Lipinski definition) is 3. The molecule has 5 nitrogen and oxygen atoms in total. The van der Waals surface area contributed by atoms with Crippen LogP contribution in [0.5, 0.6) is 0 Å². The van der Waals surface area contributed by atoms with Gasteiger partial charge in [-0.2, -0.15) is 0 Å². The second kappa shape index (κ2) is 9.67. The monoisotopic (exact) mass is 513 g/mol. The van der Waals surface area contributed by atoms with Gasteiger partial charge in [0.25, 0.3) is 11.5 Å². The summed E-state index contributed by atoms with van der Waals surface area (Å²) in [6.07, 6.45) is 5.01. The lowest BCUT2D eigenvalue weighted by Gasteiger charge is -2.33. The molecule has 0 radical (unpaired) electrons. The smallest absolute Gasteiger partial charge is 0.271 e. The topological polar surface area (TPSA) is 54.3 Å². The molecule has 1 saturated heterocycles. The summed E-state index contributed by atoms with van der Waals surface area (Å²) in [5.74, 6) is -0.143. The summed E-state index contributed by atoms with van der Waals surface area (Å²) in [5.41, 5.74) is 3.07. The standard InChI is InChI=1S/C27H26Cl2FN3O2/c1-16-2-5-19(28)14-23(16)31-25-22(15-33(21-8-9-21)27(35)24(25)29)26(34)32-12-10-18(11-13-32)17-3-6-20(30)7-4-17/h2-7,14-15,18,21,31H,8-13H2,1H3. The molecule has 1 amide bonds. The third-order valence-electron chi connectivity index (χ3n) is 6.93. The minimum Gasteiger partial charge on any atom is -0.353 e. The Morgan fingerprint density at radius 3 is 2.37 bits per heavy atom. The van der Waals surface area contributed by atoms with Gasteiger partial charge in [-0.1, -0.05) is 41.4 Å². The van der Waals surface area contributed by atoms with Crippen LogP contribution in [0.1, 0.15) is 59.1 Å². The van der Waals surface area contributed by atoms with Crippen molar-refractivity contribution in [2.24, 2.45) is 0 Å². The number of hydrogen-bond donors (Lipinski definition) is 1. The molecule has 0 unspecified atom stereocenters. The predicted octanol–water partition coefficient (Wildman–Crippen LogP) is 6.70. The number of nitrogens with zero attached hydrogens (tertiary/aromatic N) is 2. The molecule has 1 aromatic heterocycles. The van der Waals surface area contributed by atoms with Crippen LogP contribution in [0.25, 0.3) is 0 Å². The van der Waals surface area contributed by atoms with Crippen molar-refractivity contribution >= 4 is 40.5 Å². The highest BCUT2D eigenvalue weighted by Gasteiger charge is 2.32. The second-order valence-electron chi connectivity index (χ2n) is 9.38. The molecule has 5 rings (SSSR count). The third kappa shape index (κ3) is 4.95. The molecule has 0 bridgehead atoms. The summed E-state index contributed by atoms with van der Waals surface area (Å²) in [4.78, 5) is 28.6. The number of anilines is 2. The first-order valence-corrected chi connectivity index (χ1v) is 12.6. The van der Waals surface area contributed by atoms with E-state index in [4.69, 9.17) is 23.2 Å². The molecule has 35 heavy (non-hydrogen) atoms. The fourth-order valence-corrected chi connectivity index (χ4v) is 5.11. The number of pyridine rings is 1. The zero-order chi connectivity index (χ0) is 24.7. The van der Waals surface area contributed by atoms with Gasteiger partial charge in [-0.3, -0.25) is 9.59 Å². The third-order valence-corrected chi connectivity index (χ3v) is 7.52. The van der Waals surface area contributed by atoms with Crippen LogP contribution in [0.2, 0.25) is 10.0 Å². The van der Waals surface area contributed by atoms with Gasteiger partial charge in [0.15, 0.2) is 0 Å². The Labute approximate surface area is 213 Å². The molecule has 0 spiro atoms. The predicted molar refractivity (Wildman–Crippen MR) is 138 cm³/mol. The van der Waals surface area contributed by atoms with Gasteiger partial charge in [0.05, 0.1) is 11.3 Å². The van der Waals surface area contributed by atoms with Gasteiger partial charge in [0.2, 0.25) is 0 Å². The zero-order valence-corrected chi connectivity index (χ0v) is 20.9. The molecular formula is C27H26Cl2FN3O2. The molecule has 2 heterocycles. The van der Waals surface area contributed by atoms with E-state index in [1.165, 1.54) is 12.1 Å². The minimum atomic E-state index is -0.303. The van der Waals surface area contributed by atoms with E-state index in [1.54, 1.807) is 22.9 Å². The minimum absolute atomic E-state index is 0.00308. The first kappa shape index (κ1) is 23.9. The van der Waals surface area contributed by atoms with Crippen molar-refractivity contribution in [3.8, 4) is 0 Å². The van der Waals surface area contributed by atoms with E-state index >= 15 is 0 Å². The van der Waals surface area contributed by atoms with Crippen molar-refractivity contribution in [2.75, 3.05) is 18.4 Å². The van der Waals surface area contributed by atoms with Gasteiger partial charge in [-0.05, 0) is 73.9 Å². The lowest BCUT2D eigenvalue weighted by atomic mass is 9.89. The van der Waals surface area contributed by atoms with Crippen LogP contribution in [-0.4, -0.2) is 28.5 Å². The molecule has 1 aliphatic carbocycles. The first-order valence-electron chi connectivity index (χ1n) is 11.8. The van der Waals surface area contributed by atoms with Gasteiger partial charge >= 0.3 is 0 Å². The Hall–Kier alpha value is -2.83. The van der Waals surface area contributed by atoms with E-state index in [9.17, 15) is 14.0 Å². The zero-order valence-electron chi connectivity index (χ0n) is 19.4. The number of aryl methyl sites for hydroxylation is 1. The second-order valence-corrected chi connectivity index (χ2v) is 10.2. The number of aromatic nitrogens is 1. The van der Waals surface area contributed by atoms with E-state index in [2.05, 4.69) is 5.32 Å². The molecule has 182 valence electrons. The van der Waals surface area contributed by atoms with Crippen LogP contribution in [0.15, 0.2) is 53.5 Å². The van der Waals surface area contributed by atoms with E-state index < -0.39 is 0 Å². The molecule has 1 aliphatic heterocycles.